The number of rotatable bonds is 5. The van der Waals surface area contributed by atoms with Gasteiger partial charge in [0.1, 0.15) is 0 Å². The van der Waals surface area contributed by atoms with Gasteiger partial charge in [0.15, 0.2) is 0 Å². The number of nitrogens with one attached hydrogen (secondary N) is 2. The number of halogens is 1. The summed E-state index contributed by atoms with van der Waals surface area (Å²) in [6, 6.07) is 16.5. The van der Waals surface area contributed by atoms with Crippen molar-refractivity contribution < 1.29 is 0 Å². The van der Waals surface area contributed by atoms with Crippen molar-refractivity contribution in [2.75, 3.05) is 6.54 Å². The van der Waals surface area contributed by atoms with Crippen LogP contribution in [0.2, 0.25) is 5.02 Å². The first-order valence-electron chi connectivity index (χ1n) is 6.83. The molecule has 3 heteroatoms. The average molecular weight is 285 g/mol. The van der Waals surface area contributed by atoms with Gasteiger partial charge in [0.05, 0.1) is 0 Å². The molecule has 3 rings (SSSR count). The van der Waals surface area contributed by atoms with Gasteiger partial charge in [0.25, 0.3) is 0 Å². The van der Waals surface area contributed by atoms with E-state index in [-0.39, 0.29) is 0 Å². The van der Waals surface area contributed by atoms with Gasteiger partial charge in [0, 0.05) is 28.7 Å². The summed E-state index contributed by atoms with van der Waals surface area (Å²) in [7, 11) is 0. The Labute approximate surface area is 123 Å². The van der Waals surface area contributed by atoms with Gasteiger partial charge in [0.2, 0.25) is 0 Å². The van der Waals surface area contributed by atoms with Crippen LogP contribution in [0.15, 0.2) is 54.7 Å². The molecular weight excluding hydrogens is 268 g/mol. The van der Waals surface area contributed by atoms with Gasteiger partial charge in [-0.3, -0.25) is 0 Å². The Balaban J connectivity index is 1.55. The minimum Gasteiger partial charge on any atom is -0.361 e. The summed E-state index contributed by atoms with van der Waals surface area (Å²) in [5, 5.41) is 5.58. The highest BCUT2D eigenvalue weighted by Gasteiger charge is 2.01. The third-order valence-electron chi connectivity index (χ3n) is 3.50. The van der Waals surface area contributed by atoms with E-state index in [1.54, 1.807) is 0 Å². The van der Waals surface area contributed by atoms with Crippen LogP contribution in [0.1, 0.15) is 11.1 Å². The molecule has 0 spiro atoms. The summed E-state index contributed by atoms with van der Waals surface area (Å²) in [6.45, 7) is 1.84. The number of hydrogen-bond acceptors (Lipinski definition) is 1. The summed E-state index contributed by atoms with van der Waals surface area (Å²) >= 11 is 5.87. The first-order valence-corrected chi connectivity index (χ1v) is 7.21. The molecule has 1 heterocycles. The molecule has 0 amide bonds. The van der Waals surface area contributed by atoms with Crippen LogP contribution < -0.4 is 5.32 Å². The summed E-state index contributed by atoms with van der Waals surface area (Å²) in [6.07, 6.45) is 3.03. The highest BCUT2D eigenvalue weighted by Crippen LogP contribution is 2.17. The number of hydrogen-bond donors (Lipinski definition) is 2. The van der Waals surface area contributed by atoms with E-state index in [9.17, 15) is 0 Å². The van der Waals surface area contributed by atoms with Crippen molar-refractivity contribution in [1.82, 2.24) is 10.3 Å². The Bertz CT molecular complexity index is 686. The summed E-state index contributed by atoms with van der Waals surface area (Å²) in [5.41, 5.74) is 3.85. The van der Waals surface area contributed by atoms with Crippen molar-refractivity contribution in [2.45, 2.75) is 13.0 Å². The third-order valence-corrected chi connectivity index (χ3v) is 3.75. The lowest BCUT2D eigenvalue weighted by Crippen LogP contribution is -2.16. The van der Waals surface area contributed by atoms with Crippen molar-refractivity contribution in [3.8, 4) is 0 Å². The fraction of sp³-hybridized carbons (Fsp3) is 0.176. The average Bonchev–Trinajstić information content (AvgIpc) is 2.94. The molecule has 0 aliphatic heterocycles. The lowest BCUT2D eigenvalue weighted by atomic mass is 10.1. The van der Waals surface area contributed by atoms with Crippen LogP contribution in [0, 0.1) is 0 Å². The third kappa shape index (κ3) is 3.03. The molecule has 2 N–H and O–H groups in total. The minimum atomic E-state index is 0.785. The fourth-order valence-corrected chi connectivity index (χ4v) is 2.55. The van der Waals surface area contributed by atoms with Gasteiger partial charge in [-0.2, -0.15) is 0 Å². The number of benzene rings is 2. The maximum absolute atomic E-state index is 5.87. The van der Waals surface area contributed by atoms with E-state index >= 15 is 0 Å². The molecule has 3 aromatic rings. The standard InChI is InChI=1S/C17H17ClN2/c18-15-6-4-13(5-7-15)12-19-10-8-14-2-1-3-17-16(14)9-11-20-17/h1-7,9,11,19-20H,8,10,12H2. The Kier molecular flexibility index (Phi) is 4.05. The summed E-state index contributed by atoms with van der Waals surface area (Å²) < 4.78 is 0. The van der Waals surface area contributed by atoms with Crippen LogP contribution >= 0.6 is 11.6 Å². The second kappa shape index (κ2) is 6.12. The van der Waals surface area contributed by atoms with Gasteiger partial charge in [-0.25, -0.2) is 0 Å². The van der Waals surface area contributed by atoms with Crippen LogP contribution in [0.3, 0.4) is 0 Å². The highest BCUT2D eigenvalue weighted by atomic mass is 35.5. The molecule has 0 radical (unpaired) electrons. The predicted molar refractivity (Wildman–Crippen MR) is 85.2 cm³/mol. The molecule has 1 aromatic heterocycles. The molecular formula is C17H17ClN2. The number of H-pyrrole nitrogens is 1. The molecule has 102 valence electrons. The zero-order valence-corrected chi connectivity index (χ0v) is 12.0. The Morgan fingerprint density at radius 2 is 1.85 bits per heavy atom. The Morgan fingerprint density at radius 1 is 1.00 bits per heavy atom. The molecule has 2 aromatic carbocycles. The second-order valence-corrected chi connectivity index (χ2v) is 5.35. The van der Waals surface area contributed by atoms with E-state index in [1.165, 1.54) is 22.0 Å². The number of fused-ring (bicyclic) bond motifs is 1. The fourth-order valence-electron chi connectivity index (χ4n) is 2.43. The zero-order chi connectivity index (χ0) is 13.8. The normalized spacial score (nSPS) is 11.1. The Hall–Kier alpha value is -1.77. The van der Waals surface area contributed by atoms with Crippen LogP contribution in [0.4, 0.5) is 0 Å². The van der Waals surface area contributed by atoms with Gasteiger partial charge < -0.3 is 10.3 Å². The lowest BCUT2D eigenvalue weighted by molar-refractivity contribution is 0.688. The van der Waals surface area contributed by atoms with Crippen molar-refractivity contribution in [1.29, 1.82) is 0 Å². The quantitative estimate of drug-likeness (QED) is 0.677. The van der Waals surface area contributed by atoms with Crippen molar-refractivity contribution in [3.05, 3.63) is 70.9 Å². The van der Waals surface area contributed by atoms with E-state index in [2.05, 4.69) is 46.7 Å². The van der Waals surface area contributed by atoms with Crippen LogP contribution in [0.5, 0.6) is 0 Å². The van der Waals surface area contributed by atoms with E-state index < -0.39 is 0 Å². The van der Waals surface area contributed by atoms with Gasteiger partial charge in [-0.05, 0) is 48.4 Å². The van der Waals surface area contributed by atoms with E-state index in [0.29, 0.717) is 0 Å². The van der Waals surface area contributed by atoms with Crippen molar-refractivity contribution >= 4 is 22.5 Å². The monoisotopic (exact) mass is 284 g/mol. The highest BCUT2D eigenvalue weighted by molar-refractivity contribution is 6.30. The first-order chi connectivity index (χ1) is 9.83. The minimum absolute atomic E-state index is 0.785. The first kappa shape index (κ1) is 13.2. The molecule has 0 aliphatic carbocycles. The van der Waals surface area contributed by atoms with Gasteiger partial charge in [-0.1, -0.05) is 35.9 Å². The maximum atomic E-state index is 5.87. The Morgan fingerprint density at radius 3 is 2.70 bits per heavy atom. The maximum Gasteiger partial charge on any atom is 0.0456 e. The predicted octanol–water partition coefficient (Wildman–Crippen LogP) is 4.15. The van der Waals surface area contributed by atoms with E-state index in [0.717, 1.165) is 24.5 Å². The molecule has 0 saturated carbocycles. The molecule has 0 unspecified atom stereocenters. The van der Waals surface area contributed by atoms with Crippen molar-refractivity contribution in [2.24, 2.45) is 0 Å². The lowest BCUT2D eigenvalue weighted by Gasteiger charge is -2.06. The molecule has 0 saturated heterocycles. The van der Waals surface area contributed by atoms with Crippen LogP contribution in [0.25, 0.3) is 10.9 Å². The van der Waals surface area contributed by atoms with Crippen LogP contribution in [-0.4, -0.2) is 11.5 Å². The molecule has 0 bridgehead atoms. The van der Waals surface area contributed by atoms with Crippen molar-refractivity contribution in [3.63, 3.8) is 0 Å². The molecule has 20 heavy (non-hydrogen) atoms. The van der Waals surface area contributed by atoms with Crippen LogP contribution in [-0.2, 0) is 13.0 Å². The topological polar surface area (TPSA) is 27.8 Å². The zero-order valence-electron chi connectivity index (χ0n) is 11.2. The number of aromatic nitrogens is 1. The van der Waals surface area contributed by atoms with Gasteiger partial charge in [-0.15, -0.1) is 0 Å². The SMILES string of the molecule is Clc1ccc(CNCCc2cccc3[nH]ccc23)cc1. The molecule has 2 nitrogen and oxygen atoms in total. The van der Waals surface area contributed by atoms with E-state index in [1.807, 2.05) is 18.3 Å². The van der Waals surface area contributed by atoms with E-state index in [4.69, 9.17) is 11.6 Å². The summed E-state index contributed by atoms with van der Waals surface area (Å²) in [5.74, 6) is 0. The largest absolute Gasteiger partial charge is 0.361 e. The second-order valence-electron chi connectivity index (χ2n) is 4.91. The smallest absolute Gasteiger partial charge is 0.0456 e. The number of aromatic amines is 1. The molecule has 0 fully saturated rings. The summed E-state index contributed by atoms with van der Waals surface area (Å²) in [4.78, 5) is 3.25. The van der Waals surface area contributed by atoms with Gasteiger partial charge >= 0.3 is 0 Å². The molecule has 0 atom stereocenters. The molecule has 0 aliphatic rings.